The van der Waals surface area contributed by atoms with Gasteiger partial charge in [-0.2, -0.15) is 0 Å². The second kappa shape index (κ2) is 7.29. The van der Waals surface area contributed by atoms with E-state index in [-0.39, 0.29) is 0 Å². The zero-order valence-corrected chi connectivity index (χ0v) is 11.6. The van der Waals surface area contributed by atoms with Crippen LogP contribution in [0.2, 0.25) is 0 Å². The molecule has 1 N–H and O–H groups in total. The minimum absolute atomic E-state index is 0.877. The summed E-state index contributed by atoms with van der Waals surface area (Å²) in [5, 5.41) is 3.45. The lowest BCUT2D eigenvalue weighted by Crippen LogP contribution is -2.42. The summed E-state index contributed by atoms with van der Waals surface area (Å²) in [5.41, 5.74) is 0. The molecule has 16 heavy (non-hydrogen) atoms. The minimum Gasteiger partial charge on any atom is -0.317 e. The summed E-state index contributed by atoms with van der Waals surface area (Å²) in [4.78, 5) is 2.74. The highest BCUT2D eigenvalue weighted by Gasteiger charge is 2.30. The summed E-state index contributed by atoms with van der Waals surface area (Å²) in [6, 6.07) is 0.889. The zero-order valence-electron chi connectivity index (χ0n) is 11.6. The first-order valence-corrected chi connectivity index (χ1v) is 7.22. The van der Waals surface area contributed by atoms with Gasteiger partial charge in [0.25, 0.3) is 0 Å². The maximum Gasteiger partial charge on any atom is 0.0119 e. The van der Waals surface area contributed by atoms with Crippen molar-refractivity contribution in [2.24, 2.45) is 11.8 Å². The van der Waals surface area contributed by atoms with Crippen LogP contribution in [0.25, 0.3) is 0 Å². The third-order valence-corrected chi connectivity index (χ3v) is 4.02. The quantitative estimate of drug-likeness (QED) is 0.779. The molecule has 2 heteroatoms. The van der Waals surface area contributed by atoms with E-state index < -0.39 is 0 Å². The maximum atomic E-state index is 3.45. The molecule has 96 valence electrons. The fourth-order valence-corrected chi connectivity index (χ4v) is 2.86. The van der Waals surface area contributed by atoms with Gasteiger partial charge in [0.05, 0.1) is 0 Å². The molecule has 0 saturated carbocycles. The van der Waals surface area contributed by atoms with Crippen molar-refractivity contribution in [2.75, 3.05) is 26.2 Å². The van der Waals surface area contributed by atoms with Gasteiger partial charge in [-0.05, 0) is 50.7 Å². The number of likely N-dealkylation sites (tertiary alicyclic amines) is 1. The Balaban J connectivity index is 0.000000606. The Morgan fingerprint density at radius 1 is 1.06 bits per heavy atom. The molecule has 2 saturated heterocycles. The van der Waals surface area contributed by atoms with Crippen molar-refractivity contribution in [2.45, 2.75) is 53.0 Å². The predicted octanol–water partition coefficient (Wildman–Crippen LogP) is 2.74. The van der Waals surface area contributed by atoms with E-state index in [1.165, 1.54) is 45.4 Å². The van der Waals surface area contributed by atoms with Crippen LogP contribution < -0.4 is 5.32 Å². The van der Waals surface area contributed by atoms with Crippen LogP contribution in [0.5, 0.6) is 0 Å². The fraction of sp³-hybridized carbons (Fsp3) is 1.00. The predicted molar refractivity (Wildman–Crippen MR) is 71.8 cm³/mol. The van der Waals surface area contributed by atoms with Crippen molar-refractivity contribution in [3.05, 3.63) is 0 Å². The lowest BCUT2D eigenvalue weighted by atomic mass is 9.95. The van der Waals surface area contributed by atoms with Crippen LogP contribution in [-0.4, -0.2) is 37.1 Å². The van der Waals surface area contributed by atoms with E-state index >= 15 is 0 Å². The number of hydrogen-bond donors (Lipinski definition) is 1. The highest BCUT2D eigenvalue weighted by atomic mass is 15.2. The van der Waals surface area contributed by atoms with Crippen LogP contribution in [0.3, 0.4) is 0 Å². The average Bonchev–Trinajstić information content (AvgIpc) is 2.82. The van der Waals surface area contributed by atoms with E-state index in [1.807, 2.05) is 13.8 Å². The van der Waals surface area contributed by atoms with Gasteiger partial charge in [-0.25, -0.2) is 0 Å². The Bertz CT molecular complexity index is 174. The summed E-state index contributed by atoms with van der Waals surface area (Å²) >= 11 is 0. The van der Waals surface area contributed by atoms with Gasteiger partial charge in [0.15, 0.2) is 0 Å². The molecule has 0 aliphatic carbocycles. The van der Waals surface area contributed by atoms with Crippen LogP contribution in [0, 0.1) is 11.8 Å². The van der Waals surface area contributed by atoms with Crippen LogP contribution in [0.1, 0.15) is 47.0 Å². The van der Waals surface area contributed by atoms with Crippen molar-refractivity contribution >= 4 is 0 Å². The summed E-state index contributed by atoms with van der Waals surface area (Å²) in [6.07, 6.45) is 4.16. The molecule has 1 unspecified atom stereocenters. The highest BCUT2D eigenvalue weighted by Crippen LogP contribution is 2.27. The Labute approximate surface area is 102 Å². The molecule has 0 spiro atoms. The van der Waals surface area contributed by atoms with Gasteiger partial charge in [-0.1, -0.05) is 27.7 Å². The van der Waals surface area contributed by atoms with Crippen molar-refractivity contribution in [1.82, 2.24) is 10.2 Å². The molecule has 2 nitrogen and oxygen atoms in total. The first-order chi connectivity index (χ1) is 7.77. The molecular weight excluding hydrogens is 196 g/mol. The molecule has 1 atom stereocenters. The summed E-state index contributed by atoms with van der Waals surface area (Å²) in [7, 11) is 0. The fourth-order valence-electron chi connectivity index (χ4n) is 2.86. The standard InChI is InChI=1S/C12H24N2.C2H6/c1-10(2)11-5-8-14(9-11)12-3-6-13-7-4-12;1-2/h10-13H,3-9H2,1-2H3;1-2H3. The maximum absolute atomic E-state index is 3.45. The summed E-state index contributed by atoms with van der Waals surface area (Å²) in [6.45, 7) is 13.9. The van der Waals surface area contributed by atoms with Gasteiger partial charge >= 0.3 is 0 Å². The number of hydrogen-bond acceptors (Lipinski definition) is 2. The van der Waals surface area contributed by atoms with E-state index in [0.717, 1.165) is 17.9 Å². The van der Waals surface area contributed by atoms with Crippen LogP contribution in [0.4, 0.5) is 0 Å². The molecule has 0 aromatic heterocycles. The van der Waals surface area contributed by atoms with Crippen molar-refractivity contribution < 1.29 is 0 Å². The minimum atomic E-state index is 0.877. The second-order valence-corrected chi connectivity index (χ2v) is 5.27. The van der Waals surface area contributed by atoms with Crippen molar-refractivity contribution in [1.29, 1.82) is 0 Å². The van der Waals surface area contributed by atoms with Crippen LogP contribution >= 0.6 is 0 Å². The molecule has 0 radical (unpaired) electrons. The zero-order chi connectivity index (χ0) is 12.0. The smallest absolute Gasteiger partial charge is 0.0119 e. The highest BCUT2D eigenvalue weighted by molar-refractivity contribution is 4.85. The third-order valence-electron chi connectivity index (χ3n) is 4.02. The molecular formula is C14H30N2. The van der Waals surface area contributed by atoms with E-state index in [1.54, 1.807) is 0 Å². The number of nitrogens with one attached hydrogen (secondary N) is 1. The molecule has 0 aromatic carbocycles. The topological polar surface area (TPSA) is 15.3 Å². The van der Waals surface area contributed by atoms with E-state index in [9.17, 15) is 0 Å². The van der Waals surface area contributed by atoms with Crippen LogP contribution in [-0.2, 0) is 0 Å². The Hall–Kier alpha value is -0.0800. The molecule has 2 aliphatic heterocycles. The largest absolute Gasteiger partial charge is 0.317 e. The summed E-state index contributed by atoms with van der Waals surface area (Å²) < 4.78 is 0. The van der Waals surface area contributed by atoms with Crippen molar-refractivity contribution in [3.63, 3.8) is 0 Å². The molecule has 2 fully saturated rings. The lowest BCUT2D eigenvalue weighted by Gasteiger charge is -2.31. The molecule has 0 bridgehead atoms. The molecule has 0 amide bonds. The average molecular weight is 226 g/mol. The summed E-state index contributed by atoms with van der Waals surface area (Å²) in [5.74, 6) is 1.84. The Kier molecular flexibility index (Phi) is 6.37. The van der Waals surface area contributed by atoms with Crippen LogP contribution in [0.15, 0.2) is 0 Å². The van der Waals surface area contributed by atoms with Gasteiger partial charge in [0.1, 0.15) is 0 Å². The normalized spacial score (nSPS) is 27.9. The molecule has 0 aromatic rings. The SMILES string of the molecule is CC.CC(C)C1CCN(C2CCNCC2)C1. The number of nitrogens with zero attached hydrogens (tertiary/aromatic N) is 1. The van der Waals surface area contributed by atoms with Crippen molar-refractivity contribution in [3.8, 4) is 0 Å². The molecule has 2 rings (SSSR count). The molecule has 2 heterocycles. The first-order valence-electron chi connectivity index (χ1n) is 7.22. The first kappa shape index (κ1) is 14.0. The van der Waals surface area contributed by atoms with Gasteiger partial charge in [-0.15, -0.1) is 0 Å². The number of rotatable bonds is 2. The van der Waals surface area contributed by atoms with E-state index in [0.29, 0.717) is 0 Å². The van der Waals surface area contributed by atoms with Gasteiger partial charge < -0.3 is 5.32 Å². The van der Waals surface area contributed by atoms with E-state index in [4.69, 9.17) is 0 Å². The van der Waals surface area contributed by atoms with E-state index in [2.05, 4.69) is 24.1 Å². The monoisotopic (exact) mass is 226 g/mol. The van der Waals surface area contributed by atoms with Gasteiger partial charge in [-0.3, -0.25) is 4.90 Å². The Morgan fingerprint density at radius 2 is 1.69 bits per heavy atom. The Morgan fingerprint density at radius 3 is 2.19 bits per heavy atom. The second-order valence-electron chi connectivity index (χ2n) is 5.27. The number of piperidine rings is 1. The molecule has 2 aliphatic rings. The van der Waals surface area contributed by atoms with Gasteiger partial charge in [0, 0.05) is 12.6 Å². The third kappa shape index (κ3) is 3.74. The van der Waals surface area contributed by atoms with Gasteiger partial charge in [0.2, 0.25) is 0 Å². The lowest BCUT2D eigenvalue weighted by molar-refractivity contribution is 0.187.